The first kappa shape index (κ1) is 15.8. The predicted molar refractivity (Wildman–Crippen MR) is 83.0 cm³/mol. The van der Waals surface area contributed by atoms with Crippen molar-refractivity contribution in [2.75, 3.05) is 11.9 Å². The molecule has 6 heteroatoms. The molecule has 6 nitrogen and oxygen atoms in total. The molecule has 1 aromatic carbocycles. The second-order valence-electron chi connectivity index (χ2n) is 4.98. The molecule has 0 aliphatic heterocycles. The fraction of sp³-hybridized carbons (Fsp3) is 0.312. The van der Waals surface area contributed by atoms with Crippen LogP contribution in [-0.4, -0.2) is 28.3 Å². The Hall–Kier alpha value is -2.63. The minimum atomic E-state index is -0.497. The molecule has 1 heterocycles. The number of nitrogens with zero attached hydrogens (tertiary/aromatic N) is 2. The Kier molecular flexibility index (Phi) is 4.60. The van der Waals surface area contributed by atoms with Crippen LogP contribution in [0.4, 0.5) is 5.69 Å². The van der Waals surface area contributed by atoms with E-state index in [1.807, 2.05) is 32.0 Å². The minimum Gasteiger partial charge on any atom is -0.461 e. The lowest BCUT2D eigenvalue weighted by molar-refractivity contribution is 0.0513. The largest absolute Gasteiger partial charge is 0.461 e. The zero-order valence-electron chi connectivity index (χ0n) is 13.1. The molecule has 1 N–H and O–H groups in total. The quantitative estimate of drug-likeness (QED) is 0.880. The first-order chi connectivity index (χ1) is 10.4. The highest BCUT2D eigenvalue weighted by atomic mass is 16.5. The van der Waals surface area contributed by atoms with E-state index in [1.54, 1.807) is 14.0 Å². The molecule has 22 heavy (non-hydrogen) atoms. The van der Waals surface area contributed by atoms with E-state index in [9.17, 15) is 9.59 Å². The molecule has 0 unspecified atom stereocenters. The molecular formula is C16H19N3O3. The third-order valence-corrected chi connectivity index (χ3v) is 3.32. The van der Waals surface area contributed by atoms with Gasteiger partial charge >= 0.3 is 5.97 Å². The normalized spacial score (nSPS) is 10.4. The fourth-order valence-electron chi connectivity index (χ4n) is 2.16. The number of anilines is 1. The van der Waals surface area contributed by atoms with Crippen molar-refractivity contribution in [1.82, 2.24) is 9.78 Å². The van der Waals surface area contributed by atoms with Gasteiger partial charge in [0.25, 0.3) is 5.91 Å². The van der Waals surface area contributed by atoms with Crippen LogP contribution in [0, 0.1) is 13.8 Å². The van der Waals surface area contributed by atoms with Crippen molar-refractivity contribution in [2.45, 2.75) is 20.8 Å². The summed E-state index contributed by atoms with van der Waals surface area (Å²) in [6.07, 6.45) is 0. The number of hydrogen-bond acceptors (Lipinski definition) is 4. The summed E-state index contributed by atoms with van der Waals surface area (Å²) in [5.74, 6) is -0.854. The van der Waals surface area contributed by atoms with Gasteiger partial charge in [0.15, 0.2) is 5.69 Å². The highest BCUT2D eigenvalue weighted by molar-refractivity contribution is 6.05. The lowest BCUT2D eigenvalue weighted by Gasteiger charge is -2.10. The number of rotatable bonds is 4. The summed E-state index contributed by atoms with van der Waals surface area (Å²) in [4.78, 5) is 24.1. The van der Waals surface area contributed by atoms with Gasteiger partial charge in [-0.15, -0.1) is 0 Å². The molecule has 0 bridgehead atoms. The molecule has 0 atom stereocenters. The van der Waals surface area contributed by atoms with E-state index in [4.69, 9.17) is 4.74 Å². The van der Waals surface area contributed by atoms with Gasteiger partial charge in [-0.1, -0.05) is 18.2 Å². The van der Waals surface area contributed by atoms with Crippen molar-refractivity contribution in [3.63, 3.8) is 0 Å². The number of carbonyl (C=O) groups is 2. The van der Waals surface area contributed by atoms with Gasteiger partial charge in [0.2, 0.25) is 0 Å². The van der Waals surface area contributed by atoms with Crippen molar-refractivity contribution >= 4 is 17.6 Å². The van der Waals surface area contributed by atoms with Gasteiger partial charge in [0.05, 0.1) is 6.61 Å². The van der Waals surface area contributed by atoms with Crippen molar-refractivity contribution < 1.29 is 14.3 Å². The average molecular weight is 301 g/mol. The molecule has 0 radical (unpaired) electrons. The van der Waals surface area contributed by atoms with Crippen LogP contribution in [0.25, 0.3) is 0 Å². The van der Waals surface area contributed by atoms with Gasteiger partial charge in [0.1, 0.15) is 5.69 Å². The molecule has 0 aliphatic carbocycles. The Balaban J connectivity index is 2.24. The van der Waals surface area contributed by atoms with Crippen LogP contribution in [0.15, 0.2) is 24.3 Å². The van der Waals surface area contributed by atoms with Crippen molar-refractivity contribution in [3.8, 4) is 0 Å². The number of nitrogens with one attached hydrogen (secondary N) is 1. The molecule has 0 saturated carbocycles. The summed E-state index contributed by atoms with van der Waals surface area (Å²) in [6, 6.07) is 7.21. The van der Waals surface area contributed by atoms with Gasteiger partial charge in [-0.3, -0.25) is 9.48 Å². The van der Waals surface area contributed by atoms with Gasteiger partial charge in [-0.05, 0) is 31.9 Å². The van der Waals surface area contributed by atoms with Crippen LogP contribution in [-0.2, 0) is 11.8 Å². The molecule has 2 aromatic rings. The second kappa shape index (κ2) is 6.43. The summed E-state index contributed by atoms with van der Waals surface area (Å²) in [5, 5.41) is 6.91. The van der Waals surface area contributed by atoms with Crippen molar-refractivity contribution in [1.29, 1.82) is 0 Å². The molecular weight excluding hydrogens is 282 g/mol. The van der Waals surface area contributed by atoms with Gasteiger partial charge < -0.3 is 10.1 Å². The lowest BCUT2D eigenvalue weighted by atomic mass is 10.1. The summed E-state index contributed by atoms with van der Waals surface area (Å²) in [7, 11) is 1.60. The second-order valence-corrected chi connectivity index (χ2v) is 4.98. The first-order valence-corrected chi connectivity index (χ1v) is 7.02. The molecule has 0 fully saturated rings. The van der Waals surface area contributed by atoms with Crippen LogP contribution < -0.4 is 5.32 Å². The van der Waals surface area contributed by atoms with Gasteiger partial charge in [-0.2, -0.15) is 5.10 Å². The Morgan fingerprint density at radius 2 is 1.91 bits per heavy atom. The number of amides is 1. The summed E-state index contributed by atoms with van der Waals surface area (Å²) in [5.41, 5.74) is 3.11. The molecule has 0 saturated heterocycles. The van der Waals surface area contributed by atoms with Crippen LogP contribution in [0.3, 0.4) is 0 Å². The van der Waals surface area contributed by atoms with Crippen LogP contribution >= 0.6 is 0 Å². The molecule has 0 spiro atoms. The van der Waals surface area contributed by atoms with E-state index in [0.29, 0.717) is 0 Å². The maximum absolute atomic E-state index is 12.3. The van der Waals surface area contributed by atoms with E-state index in [0.717, 1.165) is 16.8 Å². The number of ether oxygens (including phenoxy) is 1. The number of esters is 1. The molecule has 0 aliphatic rings. The van der Waals surface area contributed by atoms with E-state index in [-0.39, 0.29) is 23.9 Å². The van der Waals surface area contributed by atoms with Crippen LogP contribution in [0.5, 0.6) is 0 Å². The van der Waals surface area contributed by atoms with Crippen LogP contribution in [0.2, 0.25) is 0 Å². The zero-order chi connectivity index (χ0) is 16.3. The Bertz CT molecular complexity index is 699. The molecule has 2 rings (SSSR count). The maximum atomic E-state index is 12.3. The number of carbonyl (C=O) groups excluding carboxylic acids is 2. The maximum Gasteiger partial charge on any atom is 0.356 e. The standard InChI is InChI=1S/C16H19N3O3/c1-5-22-16(21)13-9-12(18-19(13)4)15(20)17-14-10(2)7-6-8-11(14)3/h6-9H,5H2,1-4H3,(H,17,20). The first-order valence-electron chi connectivity index (χ1n) is 7.02. The highest BCUT2D eigenvalue weighted by Gasteiger charge is 2.19. The van der Waals surface area contributed by atoms with E-state index >= 15 is 0 Å². The highest BCUT2D eigenvalue weighted by Crippen LogP contribution is 2.20. The van der Waals surface area contributed by atoms with Crippen LogP contribution in [0.1, 0.15) is 39.0 Å². The Morgan fingerprint density at radius 1 is 1.27 bits per heavy atom. The lowest BCUT2D eigenvalue weighted by Crippen LogP contribution is -2.14. The fourth-order valence-corrected chi connectivity index (χ4v) is 2.16. The van der Waals surface area contributed by atoms with E-state index in [1.165, 1.54) is 10.7 Å². The number of benzene rings is 1. The monoisotopic (exact) mass is 301 g/mol. The number of para-hydroxylation sites is 1. The average Bonchev–Trinajstić information content (AvgIpc) is 2.85. The van der Waals surface area contributed by atoms with Crippen molar-refractivity contribution in [2.24, 2.45) is 7.05 Å². The Morgan fingerprint density at radius 3 is 2.50 bits per heavy atom. The third-order valence-electron chi connectivity index (χ3n) is 3.32. The summed E-state index contributed by atoms with van der Waals surface area (Å²) >= 11 is 0. The number of aryl methyl sites for hydroxylation is 3. The third kappa shape index (κ3) is 3.16. The zero-order valence-corrected chi connectivity index (χ0v) is 13.1. The SMILES string of the molecule is CCOC(=O)c1cc(C(=O)Nc2c(C)cccc2C)nn1C. The molecule has 1 aromatic heterocycles. The van der Waals surface area contributed by atoms with E-state index < -0.39 is 5.97 Å². The van der Waals surface area contributed by atoms with Crippen molar-refractivity contribution in [3.05, 3.63) is 46.8 Å². The summed E-state index contributed by atoms with van der Waals surface area (Å²) < 4.78 is 6.27. The topological polar surface area (TPSA) is 73.2 Å². The Labute approximate surface area is 129 Å². The number of hydrogen-bond donors (Lipinski definition) is 1. The molecule has 116 valence electrons. The summed E-state index contributed by atoms with van der Waals surface area (Å²) in [6.45, 7) is 5.84. The smallest absolute Gasteiger partial charge is 0.356 e. The number of aromatic nitrogens is 2. The van der Waals surface area contributed by atoms with Gasteiger partial charge in [0, 0.05) is 18.8 Å². The van der Waals surface area contributed by atoms with E-state index in [2.05, 4.69) is 10.4 Å². The minimum absolute atomic E-state index is 0.174. The molecule has 1 amide bonds. The van der Waals surface area contributed by atoms with Gasteiger partial charge in [-0.25, -0.2) is 4.79 Å². The predicted octanol–water partition coefficient (Wildman–Crippen LogP) is 2.47.